The molecule has 0 saturated carbocycles. The summed E-state index contributed by atoms with van der Waals surface area (Å²) in [6.45, 7) is 2.15. The van der Waals surface area contributed by atoms with Crippen LogP contribution in [0.2, 0.25) is 10.0 Å². The lowest BCUT2D eigenvalue weighted by molar-refractivity contribution is -0.132. The Balaban J connectivity index is 1.93. The molecule has 8 heteroatoms. The summed E-state index contributed by atoms with van der Waals surface area (Å²) in [5.74, 6) is -1.66. The topological polar surface area (TPSA) is 87.1 Å². The molecule has 1 aliphatic rings. The fraction of sp³-hybridized carbons (Fsp3) is 0.120. The van der Waals surface area contributed by atoms with Crippen LogP contribution < -0.4 is 9.64 Å². The fourth-order valence-electron chi connectivity index (χ4n) is 3.77. The maximum atomic E-state index is 13.2. The lowest BCUT2D eigenvalue weighted by Gasteiger charge is -2.25. The Morgan fingerprint density at radius 2 is 1.76 bits per heavy atom. The van der Waals surface area contributed by atoms with Crippen LogP contribution in [0.4, 0.5) is 5.69 Å². The quantitative estimate of drug-likeness (QED) is 0.275. The number of phenols is 1. The van der Waals surface area contributed by atoms with Gasteiger partial charge in [0.1, 0.15) is 17.3 Å². The summed E-state index contributed by atoms with van der Waals surface area (Å²) in [4.78, 5) is 27.6. The zero-order valence-corrected chi connectivity index (χ0v) is 19.0. The molecule has 1 heterocycles. The number of nitrogens with zero attached hydrogens (tertiary/aromatic N) is 1. The third kappa shape index (κ3) is 4.27. The molecule has 2 N–H and O–H groups in total. The molecule has 0 aromatic heterocycles. The fourth-order valence-corrected chi connectivity index (χ4v) is 4.13. The number of rotatable bonds is 5. The normalized spacial score (nSPS) is 17.4. The first kappa shape index (κ1) is 22.7. The van der Waals surface area contributed by atoms with Crippen molar-refractivity contribution >= 4 is 46.3 Å². The van der Waals surface area contributed by atoms with Crippen molar-refractivity contribution < 1.29 is 24.5 Å². The number of amides is 1. The number of aromatic hydroxyl groups is 1. The van der Waals surface area contributed by atoms with Crippen LogP contribution in [0, 0.1) is 0 Å². The second-order valence-corrected chi connectivity index (χ2v) is 8.16. The molecule has 3 aromatic carbocycles. The standard InChI is InChI=1S/C25H19Cl2NO5/c1-2-33-20-12-15(8-11-19(20)27)23(30)21-22(14-6-9-18(29)10-7-14)28(25(32)24(21)31)17-5-3-4-16(26)13-17/h3-13,22,29-30H,2H2,1H3/b23-21+. The number of ketones is 1. The zero-order valence-electron chi connectivity index (χ0n) is 17.5. The molecule has 1 fully saturated rings. The van der Waals surface area contributed by atoms with Crippen LogP contribution in [0.25, 0.3) is 5.76 Å². The Kier molecular flexibility index (Phi) is 6.31. The number of phenolic OH excluding ortho intramolecular Hbond substituents is 1. The Morgan fingerprint density at radius 3 is 2.42 bits per heavy atom. The summed E-state index contributed by atoms with van der Waals surface area (Å²) in [6, 6.07) is 16.3. The highest BCUT2D eigenvalue weighted by atomic mass is 35.5. The van der Waals surface area contributed by atoms with E-state index in [1.165, 1.54) is 23.1 Å². The van der Waals surface area contributed by atoms with Gasteiger partial charge in [-0.2, -0.15) is 0 Å². The number of hydrogen-bond acceptors (Lipinski definition) is 5. The van der Waals surface area contributed by atoms with Crippen molar-refractivity contribution in [3.63, 3.8) is 0 Å². The number of hydrogen-bond donors (Lipinski definition) is 2. The van der Waals surface area contributed by atoms with Gasteiger partial charge in [-0.15, -0.1) is 0 Å². The highest BCUT2D eigenvalue weighted by Crippen LogP contribution is 2.43. The molecule has 1 amide bonds. The van der Waals surface area contributed by atoms with E-state index >= 15 is 0 Å². The highest BCUT2D eigenvalue weighted by molar-refractivity contribution is 6.51. The van der Waals surface area contributed by atoms with Crippen molar-refractivity contribution in [3.05, 3.63) is 93.5 Å². The number of aliphatic hydroxyl groups is 1. The SMILES string of the molecule is CCOc1cc(/C(O)=C2\C(=O)C(=O)N(c3cccc(Cl)c3)C2c2ccc(O)cc2)ccc1Cl. The smallest absolute Gasteiger partial charge is 0.300 e. The third-order valence-corrected chi connectivity index (χ3v) is 5.79. The number of ether oxygens (including phenoxy) is 1. The summed E-state index contributed by atoms with van der Waals surface area (Å²) >= 11 is 12.3. The summed E-state index contributed by atoms with van der Waals surface area (Å²) < 4.78 is 5.50. The van der Waals surface area contributed by atoms with Crippen molar-refractivity contribution in [2.75, 3.05) is 11.5 Å². The van der Waals surface area contributed by atoms with E-state index in [2.05, 4.69) is 0 Å². The lowest BCUT2D eigenvalue weighted by atomic mass is 9.95. The predicted octanol–water partition coefficient (Wildman–Crippen LogP) is 5.72. The number of halogens is 2. The Bertz CT molecular complexity index is 1270. The minimum absolute atomic E-state index is 0.0255. The molecule has 3 aromatic rings. The Morgan fingerprint density at radius 1 is 1.03 bits per heavy atom. The molecule has 0 spiro atoms. The second-order valence-electron chi connectivity index (χ2n) is 7.32. The lowest BCUT2D eigenvalue weighted by Crippen LogP contribution is -2.29. The number of carbonyl (C=O) groups excluding carboxylic acids is 2. The van der Waals surface area contributed by atoms with E-state index in [9.17, 15) is 19.8 Å². The van der Waals surface area contributed by atoms with Gasteiger partial charge in [-0.3, -0.25) is 14.5 Å². The number of Topliss-reactive ketones (excluding diaryl/α,β-unsaturated/α-hetero) is 1. The predicted molar refractivity (Wildman–Crippen MR) is 127 cm³/mol. The van der Waals surface area contributed by atoms with Crippen LogP contribution in [-0.4, -0.2) is 28.5 Å². The van der Waals surface area contributed by atoms with Crippen LogP contribution in [0.5, 0.6) is 11.5 Å². The van der Waals surface area contributed by atoms with E-state index in [-0.39, 0.29) is 22.6 Å². The average Bonchev–Trinajstić information content (AvgIpc) is 3.06. The van der Waals surface area contributed by atoms with Crippen molar-refractivity contribution in [2.24, 2.45) is 0 Å². The first-order valence-electron chi connectivity index (χ1n) is 10.1. The van der Waals surface area contributed by atoms with Crippen molar-refractivity contribution in [2.45, 2.75) is 13.0 Å². The molecule has 0 radical (unpaired) electrons. The van der Waals surface area contributed by atoms with Crippen LogP contribution in [0.3, 0.4) is 0 Å². The molecule has 0 aliphatic carbocycles. The van der Waals surface area contributed by atoms with E-state index in [0.29, 0.717) is 33.7 Å². The summed E-state index contributed by atoms with van der Waals surface area (Å²) in [7, 11) is 0. The molecule has 4 rings (SSSR count). The molecule has 1 aliphatic heterocycles. The van der Waals surface area contributed by atoms with Gasteiger partial charge in [0.2, 0.25) is 0 Å². The van der Waals surface area contributed by atoms with Gasteiger partial charge in [0, 0.05) is 16.3 Å². The van der Waals surface area contributed by atoms with Crippen LogP contribution in [0.1, 0.15) is 24.1 Å². The van der Waals surface area contributed by atoms with E-state index in [0.717, 1.165) is 0 Å². The first-order valence-corrected chi connectivity index (χ1v) is 10.9. The maximum Gasteiger partial charge on any atom is 0.300 e. The number of carbonyl (C=O) groups is 2. The average molecular weight is 484 g/mol. The van der Waals surface area contributed by atoms with Gasteiger partial charge in [0.15, 0.2) is 0 Å². The van der Waals surface area contributed by atoms with Gasteiger partial charge < -0.3 is 14.9 Å². The molecule has 1 saturated heterocycles. The highest BCUT2D eigenvalue weighted by Gasteiger charge is 2.47. The number of aliphatic hydroxyl groups excluding tert-OH is 1. The third-order valence-electron chi connectivity index (χ3n) is 5.24. The minimum atomic E-state index is -0.949. The van der Waals surface area contributed by atoms with E-state index in [1.807, 2.05) is 0 Å². The Hall–Kier alpha value is -3.48. The van der Waals surface area contributed by atoms with Crippen LogP contribution in [-0.2, 0) is 9.59 Å². The molecule has 1 atom stereocenters. The van der Waals surface area contributed by atoms with E-state index in [1.54, 1.807) is 55.5 Å². The monoisotopic (exact) mass is 483 g/mol. The summed E-state index contributed by atoms with van der Waals surface area (Å²) in [6.07, 6.45) is 0. The Labute approximate surface area is 200 Å². The summed E-state index contributed by atoms with van der Waals surface area (Å²) in [5, 5.41) is 21.7. The van der Waals surface area contributed by atoms with Gasteiger partial charge >= 0.3 is 0 Å². The molecule has 0 bridgehead atoms. The van der Waals surface area contributed by atoms with Crippen molar-refractivity contribution in [1.82, 2.24) is 0 Å². The van der Waals surface area contributed by atoms with Gasteiger partial charge in [-0.05, 0) is 61.0 Å². The first-order chi connectivity index (χ1) is 15.8. The number of benzene rings is 3. The molecule has 6 nitrogen and oxygen atoms in total. The molecule has 168 valence electrons. The van der Waals surface area contributed by atoms with Crippen molar-refractivity contribution in [3.8, 4) is 11.5 Å². The summed E-state index contributed by atoms with van der Waals surface area (Å²) in [5.41, 5.74) is 1.09. The molecule has 1 unspecified atom stereocenters. The van der Waals surface area contributed by atoms with Gasteiger partial charge in [0.05, 0.1) is 23.2 Å². The number of anilines is 1. The van der Waals surface area contributed by atoms with E-state index < -0.39 is 17.7 Å². The molecular weight excluding hydrogens is 465 g/mol. The van der Waals surface area contributed by atoms with Gasteiger partial charge in [0.25, 0.3) is 11.7 Å². The van der Waals surface area contributed by atoms with Crippen molar-refractivity contribution in [1.29, 1.82) is 0 Å². The second kappa shape index (κ2) is 9.17. The maximum absolute atomic E-state index is 13.2. The zero-order chi connectivity index (χ0) is 23.7. The minimum Gasteiger partial charge on any atom is -0.508 e. The van der Waals surface area contributed by atoms with E-state index in [4.69, 9.17) is 27.9 Å². The molecular formula is C25H19Cl2NO5. The van der Waals surface area contributed by atoms with Gasteiger partial charge in [-0.25, -0.2) is 0 Å². The molecule has 33 heavy (non-hydrogen) atoms. The van der Waals surface area contributed by atoms with Crippen LogP contribution >= 0.6 is 23.2 Å². The van der Waals surface area contributed by atoms with Crippen LogP contribution in [0.15, 0.2) is 72.3 Å². The van der Waals surface area contributed by atoms with Gasteiger partial charge in [-0.1, -0.05) is 41.4 Å². The largest absolute Gasteiger partial charge is 0.508 e.